The molecule has 0 bridgehead atoms. The average molecular weight is 326 g/mol. The van der Waals surface area contributed by atoms with E-state index >= 15 is 0 Å². The van der Waals surface area contributed by atoms with Gasteiger partial charge in [-0.25, -0.2) is 19.9 Å². The first-order chi connectivity index (χ1) is 11.3. The number of aromatic nitrogens is 4. The van der Waals surface area contributed by atoms with Crippen molar-refractivity contribution in [1.29, 1.82) is 0 Å². The third-order valence-corrected chi connectivity index (χ3v) is 4.89. The van der Waals surface area contributed by atoms with Gasteiger partial charge in [0.25, 0.3) is 0 Å². The van der Waals surface area contributed by atoms with Crippen LogP contribution in [0.2, 0.25) is 0 Å². The van der Waals surface area contributed by atoms with E-state index in [0.717, 1.165) is 60.4 Å². The molecule has 1 aliphatic heterocycles. The highest BCUT2D eigenvalue weighted by atomic mass is 32.1. The maximum atomic E-state index is 4.78. The van der Waals surface area contributed by atoms with E-state index in [0.29, 0.717) is 0 Å². The van der Waals surface area contributed by atoms with Crippen molar-refractivity contribution in [1.82, 2.24) is 19.9 Å². The predicted molar refractivity (Wildman–Crippen MR) is 93.3 cm³/mol. The summed E-state index contributed by atoms with van der Waals surface area (Å²) in [6.07, 6.45) is 4.45. The zero-order valence-electron chi connectivity index (χ0n) is 13.0. The van der Waals surface area contributed by atoms with Gasteiger partial charge in [0, 0.05) is 45.0 Å². The molecule has 118 valence electrons. The van der Waals surface area contributed by atoms with Gasteiger partial charge in [0.05, 0.1) is 5.39 Å². The van der Waals surface area contributed by atoms with Gasteiger partial charge in [-0.2, -0.15) is 0 Å². The van der Waals surface area contributed by atoms with E-state index in [9.17, 15) is 0 Å². The van der Waals surface area contributed by atoms with Gasteiger partial charge in [0.15, 0.2) is 0 Å². The zero-order chi connectivity index (χ0) is 15.6. The molecule has 0 amide bonds. The van der Waals surface area contributed by atoms with Crippen molar-refractivity contribution in [2.45, 2.75) is 13.3 Å². The fourth-order valence-corrected chi connectivity index (χ4v) is 3.63. The van der Waals surface area contributed by atoms with Crippen LogP contribution in [0.15, 0.2) is 29.9 Å². The van der Waals surface area contributed by atoms with Gasteiger partial charge in [0.1, 0.15) is 16.5 Å². The van der Waals surface area contributed by atoms with Crippen LogP contribution in [-0.4, -0.2) is 46.1 Å². The van der Waals surface area contributed by atoms with Crippen molar-refractivity contribution < 1.29 is 0 Å². The number of thiophene rings is 1. The summed E-state index contributed by atoms with van der Waals surface area (Å²) in [5.41, 5.74) is 0. The van der Waals surface area contributed by atoms with Crippen molar-refractivity contribution in [3.63, 3.8) is 0 Å². The molecule has 0 N–H and O–H groups in total. The molecule has 0 aliphatic carbocycles. The molecule has 3 aromatic heterocycles. The SMILES string of the molecule is CCc1nc(N2CCN(c3ncccn3)CC2)c2ccsc2n1. The Bertz CT molecular complexity index is 795. The molecule has 4 heterocycles. The van der Waals surface area contributed by atoms with Crippen LogP contribution in [0.3, 0.4) is 0 Å². The Balaban J connectivity index is 1.58. The largest absolute Gasteiger partial charge is 0.352 e. The number of anilines is 2. The lowest BCUT2D eigenvalue weighted by Gasteiger charge is -2.35. The van der Waals surface area contributed by atoms with E-state index < -0.39 is 0 Å². The number of rotatable bonds is 3. The summed E-state index contributed by atoms with van der Waals surface area (Å²) in [7, 11) is 0. The Kier molecular flexibility index (Phi) is 3.78. The molecule has 0 saturated carbocycles. The number of piperazine rings is 1. The Morgan fingerprint density at radius 1 is 1.04 bits per heavy atom. The van der Waals surface area contributed by atoms with Gasteiger partial charge >= 0.3 is 0 Å². The molecule has 1 fully saturated rings. The van der Waals surface area contributed by atoms with Crippen LogP contribution < -0.4 is 9.80 Å². The number of hydrogen-bond donors (Lipinski definition) is 0. The van der Waals surface area contributed by atoms with Crippen LogP contribution in [-0.2, 0) is 6.42 Å². The first-order valence-corrected chi connectivity index (χ1v) is 8.74. The molecule has 1 saturated heterocycles. The molecule has 0 unspecified atom stereocenters. The highest BCUT2D eigenvalue weighted by Gasteiger charge is 2.22. The summed E-state index contributed by atoms with van der Waals surface area (Å²) in [5.74, 6) is 2.80. The molecule has 0 atom stereocenters. The van der Waals surface area contributed by atoms with Crippen LogP contribution in [0.25, 0.3) is 10.2 Å². The van der Waals surface area contributed by atoms with E-state index in [1.165, 1.54) is 0 Å². The van der Waals surface area contributed by atoms with Crippen LogP contribution in [0.1, 0.15) is 12.7 Å². The van der Waals surface area contributed by atoms with E-state index in [1.807, 2.05) is 6.07 Å². The fourth-order valence-electron chi connectivity index (χ4n) is 2.85. The summed E-state index contributed by atoms with van der Waals surface area (Å²) in [6.45, 7) is 5.75. The molecule has 6 nitrogen and oxygen atoms in total. The Hall–Kier alpha value is -2.28. The first kappa shape index (κ1) is 14.3. The highest BCUT2D eigenvalue weighted by molar-refractivity contribution is 7.16. The second-order valence-electron chi connectivity index (χ2n) is 5.48. The maximum absolute atomic E-state index is 4.78. The highest BCUT2D eigenvalue weighted by Crippen LogP contribution is 2.29. The van der Waals surface area contributed by atoms with Crippen molar-refractivity contribution in [3.05, 3.63) is 35.7 Å². The lowest BCUT2D eigenvalue weighted by atomic mass is 10.2. The molecule has 7 heteroatoms. The average Bonchev–Trinajstić information content (AvgIpc) is 3.10. The number of fused-ring (bicyclic) bond motifs is 1. The van der Waals surface area contributed by atoms with Gasteiger partial charge in [0.2, 0.25) is 5.95 Å². The first-order valence-electron chi connectivity index (χ1n) is 7.86. The molecule has 23 heavy (non-hydrogen) atoms. The monoisotopic (exact) mass is 326 g/mol. The molecule has 4 rings (SSSR count). The molecule has 3 aromatic rings. The minimum atomic E-state index is 0.810. The van der Waals surface area contributed by atoms with Gasteiger partial charge in [-0.1, -0.05) is 6.92 Å². The Labute approximate surface area is 138 Å². The molecule has 0 spiro atoms. The maximum Gasteiger partial charge on any atom is 0.225 e. The Morgan fingerprint density at radius 3 is 2.52 bits per heavy atom. The lowest BCUT2D eigenvalue weighted by Crippen LogP contribution is -2.47. The van der Waals surface area contributed by atoms with Crippen molar-refractivity contribution in [2.75, 3.05) is 36.0 Å². The Morgan fingerprint density at radius 2 is 1.78 bits per heavy atom. The van der Waals surface area contributed by atoms with Crippen molar-refractivity contribution in [2.24, 2.45) is 0 Å². The second-order valence-corrected chi connectivity index (χ2v) is 6.37. The fraction of sp³-hybridized carbons (Fsp3) is 0.375. The number of hydrogen-bond acceptors (Lipinski definition) is 7. The van der Waals surface area contributed by atoms with Crippen LogP contribution >= 0.6 is 11.3 Å². The summed E-state index contributed by atoms with van der Waals surface area (Å²) in [5, 5.41) is 3.26. The van der Waals surface area contributed by atoms with E-state index in [-0.39, 0.29) is 0 Å². The minimum absolute atomic E-state index is 0.810. The summed E-state index contributed by atoms with van der Waals surface area (Å²) >= 11 is 1.68. The van der Waals surface area contributed by atoms with Crippen molar-refractivity contribution in [3.8, 4) is 0 Å². The quantitative estimate of drug-likeness (QED) is 0.736. The summed E-state index contributed by atoms with van der Waals surface area (Å²) < 4.78 is 0. The van der Waals surface area contributed by atoms with Crippen LogP contribution in [0, 0.1) is 0 Å². The molecule has 0 radical (unpaired) electrons. The van der Waals surface area contributed by atoms with Gasteiger partial charge < -0.3 is 9.80 Å². The third-order valence-electron chi connectivity index (χ3n) is 4.08. The second kappa shape index (κ2) is 6.08. The van der Waals surface area contributed by atoms with E-state index in [1.54, 1.807) is 23.7 Å². The molecule has 1 aliphatic rings. The van der Waals surface area contributed by atoms with Crippen LogP contribution in [0.5, 0.6) is 0 Å². The topological polar surface area (TPSA) is 58.0 Å². The number of nitrogens with zero attached hydrogens (tertiary/aromatic N) is 6. The lowest BCUT2D eigenvalue weighted by molar-refractivity contribution is 0.634. The normalized spacial score (nSPS) is 15.3. The van der Waals surface area contributed by atoms with Gasteiger partial charge in [-0.15, -0.1) is 11.3 Å². The molecular formula is C16H18N6S. The van der Waals surface area contributed by atoms with E-state index in [4.69, 9.17) is 4.98 Å². The molecule has 0 aromatic carbocycles. The summed E-state index contributed by atoms with van der Waals surface area (Å²) in [4.78, 5) is 23.8. The standard InChI is InChI=1S/C16H18N6S/c1-2-13-19-14(12-4-11-23-15(12)20-13)21-7-9-22(10-8-21)16-17-5-3-6-18-16/h3-6,11H,2,7-10H2,1H3. The van der Waals surface area contributed by atoms with Crippen molar-refractivity contribution >= 4 is 33.3 Å². The van der Waals surface area contributed by atoms with Gasteiger partial charge in [-0.3, -0.25) is 0 Å². The van der Waals surface area contributed by atoms with E-state index in [2.05, 4.69) is 43.1 Å². The zero-order valence-corrected chi connectivity index (χ0v) is 13.8. The molecular weight excluding hydrogens is 308 g/mol. The minimum Gasteiger partial charge on any atom is -0.352 e. The summed E-state index contributed by atoms with van der Waals surface area (Å²) in [6, 6.07) is 3.97. The third kappa shape index (κ3) is 2.72. The van der Waals surface area contributed by atoms with Crippen LogP contribution in [0.4, 0.5) is 11.8 Å². The smallest absolute Gasteiger partial charge is 0.225 e. The number of aryl methyl sites for hydroxylation is 1. The predicted octanol–water partition coefficient (Wildman–Crippen LogP) is 2.37. The van der Waals surface area contributed by atoms with Gasteiger partial charge in [-0.05, 0) is 17.5 Å².